The predicted octanol–water partition coefficient (Wildman–Crippen LogP) is 5.36. The van der Waals surface area contributed by atoms with Gasteiger partial charge in [-0.25, -0.2) is 0 Å². The number of carbonyl (C=O) groups is 2. The van der Waals surface area contributed by atoms with Gasteiger partial charge in [0, 0.05) is 48.7 Å². The smallest absolute Gasteiger partial charge is 0.255 e. The summed E-state index contributed by atoms with van der Waals surface area (Å²) in [7, 11) is 0. The molecule has 1 aliphatic heterocycles. The number of hydrogen-bond donors (Lipinski definition) is 1. The molecule has 4 aromatic carbocycles. The number of anilines is 2. The summed E-state index contributed by atoms with van der Waals surface area (Å²) in [5.74, 6) is -0.0219. The predicted molar refractivity (Wildman–Crippen MR) is 138 cm³/mol. The Hall–Kier alpha value is -4.12. The third-order valence-electron chi connectivity index (χ3n) is 6.44. The van der Waals surface area contributed by atoms with E-state index in [1.165, 1.54) is 0 Å². The van der Waals surface area contributed by atoms with Crippen molar-refractivity contribution in [2.45, 2.75) is 6.92 Å². The molecule has 0 unspecified atom stereocenters. The van der Waals surface area contributed by atoms with Gasteiger partial charge in [0.1, 0.15) is 0 Å². The van der Waals surface area contributed by atoms with Gasteiger partial charge in [0.05, 0.1) is 0 Å². The molecule has 1 N–H and O–H groups in total. The number of nitrogens with zero attached hydrogens (tertiary/aromatic N) is 2. The molecule has 0 atom stereocenters. The van der Waals surface area contributed by atoms with E-state index in [2.05, 4.69) is 10.2 Å². The van der Waals surface area contributed by atoms with Gasteiger partial charge in [-0.15, -0.1) is 0 Å². The average Bonchev–Trinajstić information content (AvgIpc) is 2.89. The fraction of sp³-hybridized carbons (Fsp3) is 0.172. The van der Waals surface area contributed by atoms with Gasteiger partial charge >= 0.3 is 0 Å². The maximum absolute atomic E-state index is 12.9. The minimum Gasteiger partial charge on any atom is -0.368 e. The van der Waals surface area contributed by atoms with Crippen LogP contribution in [0.1, 0.15) is 26.3 Å². The zero-order valence-electron chi connectivity index (χ0n) is 19.2. The van der Waals surface area contributed by atoms with Crippen LogP contribution in [0.5, 0.6) is 0 Å². The molecule has 0 aromatic heterocycles. The van der Waals surface area contributed by atoms with Crippen LogP contribution in [0.15, 0.2) is 91.0 Å². The van der Waals surface area contributed by atoms with Crippen LogP contribution in [-0.4, -0.2) is 42.9 Å². The van der Waals surface area contributed by atoms with Crippen LogP contribution in [0.3, 0.4) is 0 Å². The number of piperazine rings is 1. The number of carbonyl (C=O) groups excluding carboxylic acids is 2. The molecule has 2 amide bonds. The largest absolute Gasteiger partial charge is 0.368 e. The first kappa shape index (κ1) is 21.7. The van der Waals surface area contributed by atoms with Gasteiger partial charge in [-0.1, -0.05) is 48.5 Å². The van der Waals surface area contributed by atoms with E-state index in [1.54, 1.807) is 0 Å². The summed E-state index contributed by atoms with van der Waals surface area (Å²) in [5.41, 5.74) is 4.28. The molecule has 170 valence electrons. The first-order chi connectivity index (χ1) is 16.6. The van der Waals surface area contributed by atoms with Crippen molar-refractivity contribution >= 4 is 34.0 Å². The van der Waals surface area contributed by atoms with Gasteiger partial charge in [0.2, 0.25) is 0 Å². The van der Waals surface area contributed by atoms with Crippen LogP contribution in [-0.2, 0) is 0 Å². The van der Waals surface area contributed by atoms with Gasteiger partial charge in [-0.2, -0.15) is 0 Å². The first-order valence-electron chi connectivity index (χ1n) is 11.6. The SMILES string of the molecule is Cc1ccccc1C(=O)N1CCN(c2ccc(NC(=O)c3ccc4ccccc4c3)cc2)CC1. The van der Waals surface area contributed by atoms with Crippen LogP contribution in [0.2, 0.25) is 0 Å². The lowest BCUT2D eigenvalue weighted by molar-refractivity contribution is 0.0746. The average molecular weight is 450 g/mol. The van der Waals surface area contributed by atoms with Crippen molar-refractivity contribution in [2.24, 2.45) is 0 Å². The molecule has 5 rings (SSSR count). The molecule has 0 bridgehead atoms. The molecule has 0 radical (unpaired) electrons. The van der Waals surface area contributed by atoms with E-state index in [1.807, 2.05) is 103 Å². The van der Waals surface area contributed by atoms with Gasteiger partial charge in [0.15, 0.2) is 0 Å². The topological polar surface area (TPSA) is 52.7 Å². The summed E-state index contributed by atoms with van der Waals surface area (Å²) in [6, 6.07) is 29.4. The highest BCUT2D eigenvalue weighted by molar-refractivity contribution is 6.06. The number of benzene rings is 4. The van der Waals surface area contributed by atoms with Crippen LogP contribution < -0.4 is 10.2 Å². The van der Waals surface area contributed by atoms with Crippen molar-refractivity contribution in [3.8, 4) is 0 Å². The van der Waals surface area contributed by atoms with Crippen molar-refractivity contribution in [1.29, 1.82) is 0 Å². The third kappa shape index (κ3) is 4.50. The van der Waals surface area contributed by atoms with Crippen LogP contribution >= 0.6 is 0 Å². The second kappa shape index (κ2) is 9.40. The van der Waals surface area contributed by atoms with Gasteiger partial charge in [-0.05, 0) is 65.7 Å². The van der Waals surface area contributed by atoms with Crippen molar-refractivity contribution < 1.29 is 9.59 Å². The molecule has 1 heterocycles. The van der Waals surface area contributed by atoms with E-state index in [-0.39, 0.29) is 11.8 Å². The number of fused-ring (bicyclic) bond motifs is 1. The van der Waals surface area contributed by atoms with Crippen molar-refractivity contribution in [1.82, 2.24) is 4.90 Å². The molecule has 34 heavy (non-hydrogen) atoms. The zero-order chi connectivity index (χ0) is 23.5. The van der Waals surface area contributed by atoms with Crippen molar-refractivity contribution in [3.05, 3.63) is 108 Å². The number of amides is 2. The van der Waals surface area contributed by atoms with E-state index in [0.717, 1.165) is 46.4 Å². The normalized spacial score (nSPS) is 13.7. The Morgan fingerprint density at radius 1 is 0.735 bits per heavy atom. The highest BCUT2D eigenvalue weighted by atomic mass is 16.2. The van der Waals surface area contributed by atoms with E-state index in [0.29, 0.717) is 18.7 Å². The highest BCUT2D eigenvalue weighted by Crippen LogP contribution is 2.22. The summed E-state index contributed by atoms with van der Waals surface area (Å²) in [6.07, 6.45) is 0. The first-order valence-corrected chi connectivity index (χ1v) is 11.6. The summed E-state index contributed by atoms with van der Waals surface area (Å²) >= 11 is 0. The Balaban J connectivity index is 1.19. The summed E-state index contributed by atoms with van der Waals surface area (Å²) in [4.78, 5) is 29.8. The zero-order valence-corrected chi connectivity index (χ0v) is 19.2. The lowest BCUT2D eigenvalue weighted by Gasteiger charge is -2.36. The lowest BCUT2D eigenvalue weighted by Crippen LogP contribution is -2.48. The van der Waals surface area contributed by atoms with Crippen molar-refractivity contribution in [3.63, 3.8) is 0 Å². The maximum Gasteiger partial charge on any atom is 0.255 e. The van der Waals surface area contributed by atoms with Gasteiger partial charge in [-0.3, -0.25) is 9.59 Å². The minimum absolute atomic E-state index is 0.101. The summed E-state index contributed by atoms with van der Waals surface area (Å²) in [6.45, 7) is 4.91. The van der Waals surface area contributed by atoms with E-state index >= 15 is 0 Å². The lowest BCUT2D eigenvalue weighted by atomic mass is 10.1. The Morgan fingerprint density at radius 2 is 1.41 bits per heavy atom. The van der Waals surface area contributed by atoms with Crippen LogP contribution in [0, 0.1) is 6.92 Å². The van der Waals surface area contributed by atoms with Crippen LogP contribution in [0.4, 0.5) is 11.4 Å². The molecule has 0 saturated carbocycles. The van der Waals surface area contributed by atoms with Crippen LogP contribution in [0.25, 0.3) is 10.8 Å². The monoisotopic (exact) mass is 449 g/mol. The molecular formula is C29H27N3O2. The van der Waals surface area contributed by atoms with E-state index in [4.69, 9.17) is 0 Å². The highest BCUT2D eigenvalue weighted by Gasteiger charge is 2.23. The molecule has 0 aliphatic carbocycles. The Labute approximate surface area is 199 Å². The molecule has 1 fully saturated rings. The number of nitrogens with one attached hydrogen (secondary N) is 1. The number of rotatable bonds is 4. The second-order valence-corrected chi connectivity index (χ2v) is 8.66. The Bertz CT molecular complexity index is 1340. The fourth-order valence-electron chi connectivity index (χ4n) is 4.44. The minimum atomic E-state index is -0.123. The Kier molecular flexibility index (Phi) is 6.00. The molecule has 5 heteroatoms. The number of aryl methyl sites for hydroxylation is 1. The summed E-state index contributed by atoms with van der Waals surface area (Å²) < 4.78 is 0. The molecule has 5 nitrogen and oxygen atoms in total. The molecule has 1 aliphatic rings. The third-order valence-corrected chi connectivity index (χ3v) is 6.44. The van der Waals surface area contributed by atoms with E-state index in [9.17, 15) is 9.59 Å². The summed E-state index contributed by atoms with van der Waals surface area (Å²) in [5, 5.41) is 5.15. The van der Waals surface area contributed by atoms with Gasteiger partial charge < -0.3 is 15.1 Å². The maximum atomic E-state index is 12.9. The molecule has 1 saturated heterocycles. The fourth-order valence-corrected chi connectivity index (χ4v) is 4.44. The molecule has 0 spiro atoms. The second-order valence-electron chi connectivity index (χ2n) is 8.66. The standard InChI is InChI=1S/C29H27N3O2/c1-21-6-2-5-9-27(21)29(34)32-18-16-31(17-19-32)26-14-12-25(13-15-26)30-28(33)24-11-10-22-7-3-4-8-23(22)20-24/h2-15,20H,16-19H2,1H3,(H,30,33). The molecular weight excluding hydrogens is 422 g/mol. The Morgan fingerprint density at radius 3 is 2.15 bits per heavy atom. The van der Waals surface area contributed by atoms with Crippen molar-refractivity contribution in [2.75, 3.05) is 36.4 Å². The molecule has 4 aromatic rings. The quantitative estimate of drug-likeness (QED) is 0.456. The van der Waals surface area contributed by atoms with Gasteiger partial charge in [0.25, 0.3) is 11.8 Å². The van der Waals surface area contributed by atoms with E-state index < -0.39 is 0 Å². The number of hydrogen-bond acceptors (Lipinski definition) is 3.